The van der Waals surface area contributed by atoms with E-state index in [1.807, 2.05) is 23.9 Å². The largest absolute Gasteiger partial charge is 0.370 e. The van der Waals surface area contributed by atoms with Crippen molar-refractivity contribution in [2.75, 3.05) is 11.9 Å². The Morgan fingerprint density at radius 1 is 1.44 bits per heavy atom. The maximum atomic E-state index is 8.87. The Bertz CT molecular complexity index is 539. The lowest BCUT2D eigenvalue weighted by atomic mass is 10.2. The Labute approximate surface area is 106 Å². The summed E-state index contributed by atoms with van der Waals surface area (Å²) in [7, 11) is 0. The molecule has 0 aliphatic carbocycles. The van der Waals surface area contributed by atoms with Crippen LogP contribution in [0.1, 0.15) is 17.7 Å². The summed E-state index contributed by atoms with van der Waals surface area (Å²) in [5.41, 5.74) is 1.49. The van der Waals surface area contributed by atoms with Crippen molar-refractivity contribution in [2.45, 2.75) is 19.9 Å². The first-order chi connectivity index (χ1) is 8.78. The third-order valence-electron chi connectivity index (χ3n) is 2.51. The molecule has 0 fully saturated rings. The van der Waals surface area contributed by atoms with E-state index in [0.29, 0.717) is 5.56 Å². The molecule has 2 rings (SSSR count). The highest BCUT2D eigenvalue weighted by Crippen LogP contribution is 2.09. The average molecular weight is 241 g/mol. The number of anilines is 1. The molecule has 0 spiro atoms. The lowest BCUT2D eigenvalue weighted by Gasteiger charge is -2.07. The van der Waals surface area contributed by atoms with Gasteiger partial charge in [-0.2, -0.15) is 10.4 Å². The van der Waals surface area contributed by atoms with Gasteiger partial charge in [-0.1, -0.05) is 0 Å². The lowest BCUT2D eigenvalue weighted by molar-refractivity contribution is 0.591. The first-order valence-corrected chi connectivity index (χ1v) is 5.88. The van der Waals surface area contributed by atoms with Gasteiger partial charge in [-0.3, -0.25) is 4.68 Å². The molecule has 5 nitrogen and oxygen atoms in total. The molecule has 0 aromatic carbocycles. The maximum absolute atomic E-state index is 8.87. The van der Waals surface area contributed by atoms with Gasteiger partial charge in [0.2, 0.25) is 0 Å². The number of rotatable bonds is 5. The first-order valence-electron chi connectivity index (χ1n) is 5.88. The molecule has 1 N–H and O–H groups in total. The number of nitriles is 1. The predicted molar refractivity (Wildman–Crippen MR) is 69.0 cm³/mol. The van der Waals surface area contributed by atoms with Crippen LogP contribution < -0.4 is 5.32 Å². The van der Waals surface area contributed by atoms with Gasteiger partial charge < -0.3 is 5.32 Å². The number of hydrogen-bond donors (Lipinski definition) is 1. The molecule has 0 aliphatic rings. The van der Waals surface area contributed by atoms with Crippen LogP contribution in [-0.4, -0.2) is 21.3 Å². The summed E-state index contributed by atoms with van der Waals surface area (Å²) in [5.74, 6) is 0.756. The van der Waals surface area contributed by atoms with Crippen molar-refractivity contribution in [1.82, 2.24) is 14.8 Å². The fourth-order valence-corrected chi connectivity index (χ4v) is 1.71. The van der Waals surface area contributed by atoms with Crippen molar-refractivity contribution in [2.24, 2.45) is 0 Å². The molecule has 0 unspecified atom stereocenters. The van der Waals surface area contributed by atoms with Gasteiger partial charge in [0.1, 0.15) is 5.82 Å². The summed E-state index contributed by atoms with van der Waals surface area (Å²) in [6.45, 7) is 3.56. The Hall–Kier alpha value is -2.35. The minimum atomic E-state index is 0.636. The average Bonchev–Trinajstić information content (AvgIpc) is 2.87. The highest BCUT2D eigenvalue weighted by Gasteiger charge is 1.99. The number of nitrogens with zero attached hydrogens (tertiary/aromatic N) is 4. The standard InChI is InChI=1S/C13H15N5/c1-11-8-12(10-14)9-13(17-11)15-4-2-6-18-7-3-5-16-18/h3,5,7-9H,2,4,6H2,1H3,(H,15,17). The molecule has 0 saturated carbocycles. The van der Waals surface area contributed by atoms with Gasteiger partial charge in [0.05, 0.1) is 11.6 Å². The zero-order valence-electron chi connectivity index (χ0n) is 10.3. The number of aromatic nitrogens is 3. The van der Waals surface area contributed by atoms with Crippen LogP contribution in [0.15, 0.2) is 30.6 Å². The van der Waals surface area contributed by atoms with Crippen molar-refractivity contribution in [3.8, 4) is 6.07 Å². The van der Waals surface area contributed by atoms with Gasteiger partial charge in [-0.25, -0.2) is 4.98 Å². The molecule has 0 radical (unpaired) electrons. The quantitative estimate of drug-likeness (QED) is 0.813. The van der Waals surface area contributed by atoms with Crippen molar-refractivity contribution in [3.63, 3.8) is 0 Å². The van der Waals surface area contributed by atoms with E-state index in [1.165, 1.54) is 0 Å². The summed E-state index contributed by atoms with van der Waals surface area (Å²) in [6.07, 6.45) is 4.67. The molecule has 2 heterocycles. The second-order valence-corrected chi connectivity index (χ2v) is 4.04. The number of aryl methyl sites for hydroxylation is 2. The van der Waals surface area contributed by atoms with Crippen LogP contribution in [0.25, 0.3) is 0 Å². The summed E-state index contributed by atoms with van der Waals surface area (Å²) in [6, 6.07) is 7.58. The fourth-order valence-electron chi connectivity index (χ4n) is 1.71. The molecule has 0 amide bonds. The predicted octanol–water partition coefficient (Wildman–Crippen LogP) is 1.96. The second-order valence-electron chi connectivity index (χ2n) is 4.04. The van der Waals surface area contributed by atoms with Crippen LogP contribution in [0.5, 0.6) is 0 Å². The van der Waals surface area contributed by atoms with Crippen molar-refractivity contribution >= 4 is 5.82 Å². The Kier molecular flexibility index (Phi) is 3.92. The molecular formula is C13H15N5. The second kappa shape index (κ2) is 5.82. The normalized spacial score (nSPS) is 10.0. The molecule has 0 bridgehead atoms. The van der Waals surface area contributed by atoms with Crippen molar-refractivity contribution in [3.05, 3.63) is 41.9 Å². The smallest absolute Gasteiger partial charge is 0.127 e. The summed E-state index contributed by atoms with van der Waals surface area (Å²) < 4.78 is 1.89. The van der Waals surface area contributed by atoms with E-state index in [4.69, 9.17) is 5.26 Å². The molecule has 5 heteroatoms. The Morgan fingerprint density at radius 3 is 3.06 bits per heavy atom. The molecule has 92 valence electrons. The third kappa shape index (κ3) is 3.32. The zero-order valence-corrected chi connectivity index (χ0v) is 10.3. The van der Waals surface area contributed by atoms with Crippen LogP contribution in [0, 0.1) is 18.3 Å². The van der Waals surface area contributed by atoms with Gasteiger partial charge in [0.25, 0.3) is 0 Å². The lowest BCUT2D eigenvalue weighted by Crippen LogP contribution is -2.08. The van der Waals surface area contributed by atoms with Gasteiger partial charge >= 0.3 is 0 Å². The van der Waals surface area contributed by atoms with Gasteiger partial charge in [0.15, 0.2) is 0 Å². The van der Waals surface area contributed by atoms with Crippen LogP contribution in [0.2, 0.25) is 0 Å². The van der Waals surface area contributed by atoms with Gasteiger partial charge in [0, 0.05) is 31.2 Å². The molecule has 18 heavy (non-hydrogen) atoms. The molecule has 2 aromatic rings. The molecule has 0 saturated heterocycles. The Balaban J connectivity index is 1.83. The highest BCUT2D eigenvalue weighted by atomic mass is 15.3. The third-order valence-corrected chi connectivity index (χ3v) is 2.51. The van der Waals surface area contributed by atoms with E-state index in [1.54, 1.807) is 18.3 Å². The van der Waals surface area contributed by atoms with Gasteiger partial charge in [-0.15, -0.1) is 0 Å². The van der Waals surface area contributed by atoms with Crippen LogP contribution in [0.4, 0.5) is 5.82 Å². The van der Waals surface area contributed by atoms with E-state index in [9.17, 15) is 0 Å². The SMILES string of the molecule is Cc1cc(C#N)cc(NCCCn2cccn2)n1. The monoisotopic (exact) mass is 241 g/mol. The summed E-state index contributed by atoms with van der Waals surface area (Å²) in [5, 5.41) is 16.2. The first kappa shape index (κ1) is 12.1. The van der Waals surface area contributed by atoms with Crippen LogP contribution in [-0.2, 0) is 6.54 Å². The van der Waals surface area contributed by atoms with E-state index in [2.05, 4.69) is 21.5 Å². The van der Waals surface area contributed by atoms with Crippen LogP contribution >= 0.6 is 0 Å². The fraction of sp³-hybridized carbons (Fsp3) is 0.308. The minimum absolute atomic E-state index is 0.636. The van der Waals surface area contributed by atoms with E-state index in [0.717, 1.165) is 31.0 Å². The van der Waals surface area contributed by atoms with E-state index in [-0.39, 0.29) is 0 Å². The topological polar surface area (TPSA) is 66.5 Å². The van der Waals surface area contributed by atoms with E-state index < -0.39 is 0 Å². The highest BCUT2D eigenvalue weighted by molar-refractivity contribution is 5.44. The minimum Gasteiger partial charge on any atom is -0.370 e. The maximum Gasteiger partial charge on any atom is 0.127 e. The number of nitrogens with one attached hydrogen (secondary N) is 1. The van der Waals surface area contributed by atoms with Crippen molar-refractivity contribution in [1.29, 1.82) is 5.26 Å². The Morgan fingerprint density at radius 2 is 2.33 bits per heavy atom. The molecule has 2 aromatic heterocycles. The van der Waals surface area contributed by atoms with Crippen LogP contribution in [0.3, 0.4) is 0 Å². The number of hydrogen-bond acceptors (Lipinski definition) is 4. The molecular weight excluding hydrogens is 226 g/mol. The van der Waals surface area contributed by atoms with Crippen molar-refractivity contribution < 1.29 is 0 Å². The van der Waals surface area contributed by atoms with E-state index >= 15 is 0 Å². The molecule has 0 aliphatic heterocycles. The molecule has 0 atom stereocenters. The summed E-state index contributed by atoms with van der Waals surface area (Å²) >= 11 is 0. The zero-order chi connectivity index (χ0) is 12.8. The number of pyridine rings is 1. The van der Waals surface area contributed by atoms with Gasteiger partial charge in [-0.05, 0) is 31.5 Å². The summed E-state index contributed by atoms with van der Waals surface area (Å²) in [4.78, 5) is 4.33.